The Morgan fingerprint density at radius 3 is 2.72 bits per heavy atom. The summed E-state index contributed by atoms with van der Waals surface area (Å²) in [6.45, 7) is 0.181. The predicted octanol–water partition coefficient (Wildman–Crippen LogP) is 0.566. The lowest BCUT2D eigenvalue weighted by atomic mass is 10.1. The Morgan fingerprint density at radius 1 is 1.44 bits per heavy atom. The van der Waals surface area contributed by atoms with Crippen LogP contribution in [0.25, 0.3) is 0 Å². The van der Waals surface area contributed by atoms with Crippen LogP contribution >= 0.6 is 12.4 Å². The molecule has 5 nitrogen and oxygen atoms in total. The Morgan fingerprint density at radius 2 is 2.17 bits per heavy atom. The molecule has 0 radical (unpaired) electrons. The summed E-state index contributed by atoms with van der Waals surface area (Å²) in [6, 6.07) is 8.11. The van der Waals surface area contributed by atoms with Crippen molar-refractivity contribution in [1.29, 1.82) is 5.26 Å². The molecule has 0 aliphatic carbocycles. The summed E-state index contributed by atoms with van der Waals surface area (Å²) in [5.74, 6) is -0.609. The van der Waals surface area contributed by atoms with Gasteiger partial charge in [0.25, 0.3) is 0 Å². The fraction of sp³-hybridized carbons (Fsp3) is 0.250. The highest BCUT2D eigenvalue weighted by atomic mass is 35.5. The van der Waals surface area contributed by atoms with Gasteiger partial charge in [-0.2, -0.15) is 5.26 Å². The van der Waals surface area contributed by atoms with E-state index in [1.165, 1.54) is 0 Å². The van der Waals surface area contributed by atoms with Crippen molar-refractivity contribution >= 4 is 24.2 Å². The fourth-order valence-electron chi connectivity index (χ4n) is 1.80. The zero-order valence-corrected chi connectivity index (χ0v) is 10.3. The van der Waals surface area contributed by atoms with Crippen LogP contribution in [0.3, 0.4) is 0 Å². The van der Waals surface area contributed by atoms with Gasteiger partial charge in [-0.15, -0.1) is 12.4 Å². The molecule has 6 heteroatoms. The molecule has 0 bridgehead atoms. The number of benzene rings is 1. The Hall–Kier alpha value is -1.90. The zero-order chi connectivity index (χ0) is 12.4. The number of carbonyl (C=O) groups is 2. The molecule has 1 unspecified atom stereocenters. The van der Waals surface area contributed by atoms with Crippen molar-refractivity contribution in [3.05, 3.63) is 35.4 Å². The number of hydrogen-bond donors (Lipinski definition) is 1. The number of likely N-dealkylation sites (tertiary alicyclic amines) is 1. The lowest BCUT2D eigenvalue weighted by Crippen LogP contribution is -2.34. The van der Waals surface area contributed by atoms with Gasteiger partial charge >= 0.3 is 0 Å². The zero-order valence-electron chi connectivity index (χ0n) is 9.50. The third kappa shape index (κ3) is 2.67. The lowest BCUT2D eigenvalue weighted by molar-refractivity contribution is -0.139. The Bertz CT molecular complexity index is 524. The summed E-state index contributed by atoms with van der Waals surface area (Å²) in [6.07, 6.45) is 0.0662. The Balaban J connectivity index is 0.00000162. The first-order valence-corrected chi connectivity index (χ1v) is 5.20. The topological polar surface area (TPSA) is 87.2 Å². The van der Waals surface area contributed by atoms with E-state index in [4.69, 9.17) is 11.0 Å². The molecule has 1 atom stereocenters. The second-order valence-electron chi connectivity index (χ2n) is 3.94. The summed E-state index contributed by atoms with van der Waals surface area (Å²) in [5.41, 5.74) is 6.76. The van der Waals surface area contributed by atoms with Crippen LogP contribution in [0.1, 0.15) is 17.5 Å². The van der Waals surface area contributed by atoms with Crippen molar-refractivity contribution in [2.24, 2.45) is 5.73 Å². The van der Waals surface area contributed by atoms with Gasteiger partial charge in [0, 0.05) is 0 Å². The van der Waals surface area contributed by atoms with Crippen LogP contribution in [-0.2, 0) is 16.1 Å². The van der Waals surface area contributed by atoms with Crippen molar-refractivity contribution < 1.29 is 9.59 Å². The van der Waals surface area contributed by atoms with Gasteiger partial charge in [0.2, 0.25) is 11.8 Å². The minimum absolute atomic E-state index is 0. The Labute approximate surface area is 111 Å². The molecule has 2 rings (SSSR count). The molecule has 94 valence electrons. The number of rotatable bonds is 2. The maximum absolute atomic E-state index is 11.6. The van der Waals surface area contributed by atoms with Gasteiger partial charge in [-0.1, -0.05) is 12.1 Å². The number of imide groups is 1. The SMILES string of the molecule is Cl.N#Cc1cccc(CN2C(=O)CC(N)C2=O)c1. The molecule has 2 amide bonds. The molecule has 1 heterocycles. The summed E-state index contributed by atoms with van der Waals surface area (Å²) >= 11 is 0. The van der Waals surface area contributed by atoms with Gasteiger partial charge in [-0.25, -0.2) is 0 Å². The average Bonchev–Trinajstić information content (AvgIpc) is 2.56. The van der Waals surface area contributed by atoms with Crippen molar-refractivity contribution in [3.63, 3.8) is 0 Å². The maximum atomic E-state index is 11.6. The first kappa shape index (κ1) is 14.2. The highest BCUT2D eigenvalue weighted by Gasteiger charge is 2.35. The van der Waals surface area contributed by atoms with Gasteiger partial charge in [0.05, 0.1) is 30.6 Å². The minimum Gasteiger partial charge on any atom is -0.319 e. The van der Waals surface area contributed by atoms with E-state index in [9.17, 15) is 9.59 Å². The van der Waals surface area contributed by atoms with Crippen LogP contribution in [0.2, 0.25) is 0 Å². The number of amides is 2. The molecule has 2 N–H and O–H groups in total. The maximum Gasteiger partial charge on any atom is 0.246 e. The van der Waals surface area contributed by atoms with Crippen LogP contribution in [-0.4, -0.2) is 22.8 Å². The van der Waals surface area contributed by atoms with E-state index in [0.717, 1.165) is 10.5 Å². The van der Waals surface area contributed by atoms with Gasteiger partial charge < -0.3 is 5.73 Å². The molecular weight excluding hydrogens is 254 g/mol. The fourth-order valence-corrected chi connectivity index (χ4v) is 1.80. The molecule has 1 fully saturated rings. The van der Waals surface area contributed by atoms with E-state index in [0.29, 0.717) is 5.56 Å². The molecule has 1 aliphatic heterocycles. The van der Waals surface area contributed by atoms with Gasteiger partial charge in [-0.3, -0.25) is 14.5 Å². The number of halogens is 1. The number of hydrogen-bond acceptors (Lipinski definition) is 4. The number of nitriles is 1. The van der Waals surface area contributed by atoms with Crippen molar-refractivity contribution in [2.45, 2.75) is 19.0 Å². The van der Waals surface area contributed by atoms with E-state index in [1.54, 1.807) is 24.3 Å². The molecule has 0 aromatic heterocycles. The van der Waals surface area contributed by atoms with Crippen LogP contribution < -0.4 is 5.73 Å². The van der Waals surface area contributed by atoms with Gasteiger partial charge in [-0.05, 0) is 17.7 Å². The van der Waals surface area contributed by atoms with Crippen molar-refractivity contribution in [3.8, 4) is 6.07 Å². The van der Waals surface area contributed by atoms with Crippen LogP contribution in [0.5, 0.6) is 0 Å². The molecule has 1 aromatic carbocycles. The largest absolute Gasteiger partial charge is 0.319 e. The smallest absolute Gasteiger partial charge is 0.246 e. The molecule has 0 spiro atoms. The van der Waals surface area contributed by atoms with Gasteiger partial charge in [0.1, 0.15) is 0 Å². The molecule has 1 aliphatic rings. The monoisotopic (exact) mass is 265 g/mol. The van der Waals surface area contributed by atoms with Crippen molar-refractivity contribution in [2.75, 3.05) is 0 Å². The molecule has 18 heavy (non-hydrogen) atoms. The van der Waals surface area contributed by atoms with E-state index in [-0.39, 0.29) is 37.2 Å². The summed E-state index contributed by atoms with van der Waals surface area (Å²) < 4.78 is 0. The number of carbonyl (C=O) groups excluding carboxylic acids is 2. The third-order valence-electron chi connectivity index (χ3n) is 2.68. The lowest BCUT2D eigenvalue weighted by Gasteiger charge is -2.14. The standard InChI is InChI=1S/C12H11N3O2.ClH/c13-6-8-2-1-3-9(4-8)7-15-11(16)5-10(14)12(15)17;/h1-4,10H,5,7,14H2;1H. The highest BCUT2D eigenvalue weighted by Crippen LogP contribution is 2.15. The summed E-state index contributed by atoms with van der Waals surface area (Å²) in [7, 11) is 0. The normalized spacial score (nSPS) is 18.4. The van der Waals surface area contributed by atoms with Gasteiger partial charge in [0.15, 0.2) is 0 Å². The van der Waals surface area contributed by atoms with E-state index in [2.05, 4.69) is 0 Å². The molecule has 0 saturated carbocycles. The highest BCUT2D eigenvalue weighted by molar-refractivity contribution is 6.05. The number of nitrogens with two attached hydrogens (primary N) is 1. The first-order chi connectivity index (χ1) is 8.11. The molecular formula is C12H12ClN3O2. The predicted molar refractivity (Wildman–Crippen MR) is 66.6 cm³/mol. The third-order valence-corrected chi connectivity index (χ3v) is 2.68. The summed E-state index contributed by atoms with van der Waals surface area (Å²) in [5, 5.41) is 8.75. The van der Waals surface area contributed by atoms with Crippen LogP contribution in [0, 0.1) is 11.3 Å². The molecule has 1 saturated heterocycles. The average molecular weight is 266 g/mol. The van der Waals surface area contributed by atoms with Crippen molar-refractivity contribution in [1.82, 2.24) is 4.90 Å². The van der Waals surface area contributed by atoms with Crippen LogP contribution in [0.15, 0.2) is 24.3 Å². The number of nitrogens with zero attached hydrogens (tertiary/aromatic N) is 2. The van der Waals surface area contributed by atoms with E-state index in [1.807, 2.05) is 6.07 Å². The first-order valence-electron chi connectivity index (χ1n) is 5.20. The minimum atomic E-state index is -0.721. The molecule has 1 aromatic rings. The second-order valence-corrected chi connectivity index (χ2v) is 3.94. The van der Waals surface area contributed by atoms with Crippen LogP contribution in [0.4, 0.5) is 0 Å². The summed E-state index contributed by atoms with van der Waals surface area (Å²) in [4.78, 5) is 24.2. The van der Waals surface area contributed by atoms with E-state index >= 15 is 0 Å². The second kappa shape index (κ2) is 5.63. The van der Waals surface area contributed by atoms with E-state index < -0.39 is 6.04 Å². The quantitative estimate of drug-likeness (QED) is 0.792. The Kier molecular flexibility index (Phi) is 4.43.